The summed E-state index contributed by atoms with van der Waals surface area (Å²) in [5.41, 5.74) is 4.32. The van der Waals surface area contributed by atoms with Crippen LogP contribution in [0.4, 0.5) is 5.69 Å². The van der Waals surface area contributed by atoms with Gasteiger partial charge in [0.1, 0.15) is 5.75 Å². The number of rotatable bonds is 8. The number of likely N-dealkylation sites (N-methyl/N-ethyl adjacent to an activating group) is 1. The van der Waals surface area contributed by atoms with Gasteiger partial charge in [-0.25, -0.2) is 4.68 Å². The van der Waals surface area contributed by atoms with E-state index in [9.17, 15) is 9.59 Å². The molecule has 7 nitrogen and oxygen atoms in total. The number of benzene rings is 2. The van der Waals surface area contributed by atoms with E-state index in [1.807, 2.05) is 55.8 Å². The number of anilines is 1. The summed E-state index contributed by atoms with van der Waals surface area (Å²) >= 11 is 0. The number of aryl methyl sites for hydroxylation is 1. The Morgan fingerprint density at radius 3 is 2.45 bits per heavy atom. The van der Waals surface area contributed by atoms with Crippen LogP contribution in [0.1, 0.15) is 23.9 Å². The van der Waals surface area contributed by atoms with E-state index in [-0.39, 0.29) is 18.4 Å². The molecule has 0 aliphatic heterocycles. The summed E-state index contributed by atoms with van der Waals surface area (Å²) in [4.78, 5) is 23.8. The summed E-state index contributed by atoms with van der Waals surface area (Å²) < 4.78 is 7.27. The Kier molecular flexibility index (Phi) is 7.22. The first-order valence-electron chi connectivity index (χ1n) is 10.1. The van der Waals surface area contributed by atoms with E-state index in [0.717, 1.165) is 22.6 Å². The van der Waals surface area contributed by atoms with E-state index >= 15 is 0 Å². The zero-order chi connectivity index (χ0) is 22.2. The predicted molar refractivity (Wildman–Crippen MR) is 121 cm³/mol. The van der Waals surface area contributed by atoms with Crippen LogP contribution in [-0.4, -0.2) is 34.7 Å². The van der Waals surface area contributed by atoms with Crippen LogP contribution in [0.3, 0.4) is 0 Å². The molecule has 160 valence electrons. The Bertz CT molecular complexity index is 1070. The van der Waals surface area contributed by atoms with Gasteiger partial charge in [0.05, 0.1) is 11.4 Å². The van der Waals surface area contributed by atoms with E-state index < -0.39 is 0 Å². The van der Waals surface area contributed by atoms with Gasteiger partial charge in [0.2, 0.25) is 5.91 Å². The number of ether oxygens (including phenoxy) is 1. The molecule has 2 N–H and O–H groups in total. The van der Waals surface area contributed by atoms with Crippen LogP contribution in [0.5, 0.6) is 5.75 Å². The van der Waals surface area contributed by atoms with Crippen LogP contribution in [-0.2, 0) is 9.59 Å². The molecule has 1 aromatic heterocycles. The molecule has 0 saturated heterocycles. The van der Waals surface area contributed by atoms with Gasteiger partial charge >= 0.3 is 0 Å². The molecule has 0 unspecified atom stereocenters. The molecule has 7 heteroatoms. The lowest BCUT2D eigenvalue weighted by atomic mass is 10.2. The Labute approximate surface area is 181 Å². The van der Waals surface area contributed by atoms with E-state index in [2.05, 4.69) is 15.7 Å². The average Bonchev–Trinajstić information content (AvgIpc) is 3.06. The molecule has 3 aromatic rings. The summed E-state index contributed by atoms with van der Waals surface area (Å²) in [6, 6.07) is 16.7. The number of nitrogens with one attached hydrogen (secondary N) is 2. The van der Waals surface area contributed by atoms with E-state index in [1.54, 1.807) is 30.3 Å². The van der Waals surface area contributed by atoms with Crippen molar-refractivity contribution in [3.8, 4) is 11.4 Å². The number of carbonyl (C=O) groups excluding carboxylic acids is 2. The molecule has 0 aliphatic rings. The largest absolute Gasteiger partial charge is 0.484 e. The maximum absolute atomic E-state index is 12.3. The van der Waals surface area contributed by atoms with Crippen molar-refractivity contribution in [3.05, 3.63) is 77.6 Å². The molecule has 1 heterocycles. The van der Waals surface area contributed by atoms with Gasteiger partial charge in [0, 0.05) is 29.6 Å². The van der Waals surface area contributed by atoms with Crippen LogP contribution in [0.15, 0.2) is 60.7 Å². The van der Waals surface area contributed by atoms with Crippen LogP contribution in [0.25, 0.3) is 11.8 Å². The van der Waals surface area contributed by atoms with Gasteiger partial charge in [0.25, 0.3) is 5.91 Å². The Morgan fingerprint density at radius 1 is 1.06 bits per heavy atom. The van der Waals surface area contributed by atoms with Crippen molar-refractivity contribution >= 4 is 23.6 Å². The zero-order valence-electron chi connectivity index (χ0n) is 17.9. The lowest BCUT2D eigenvalue weighted by Crippen LogP contribution is -2.28. The van der Waals surface area contributed by atoms with E-state index in [1.165, 1.54) is 6.08 Å². The highest BCUT2D eigenvalue weighted by molar-refractivity contribution is 6.02. The minimum absolute atomic E-state index is 0.0440. The number of carbonyl (C=O) groups is 2. The molecule has 31 heavy (non-hydrogen) atoms. The topological polar surface area (TPSA) is 85.2 Å². The smallest absolute Gasteiger partial charge is 0.257 e. The van der Waals surface area contributed by atoms with Crippen molar-refractivity contribution in [3.63, 3.8) is 0 Å². The number of hydrogen-bond acceptors (Lipinski definition) is 4. The molecule has 0 atom stereocenters. The molecule has 0 spiro atoms. The maximum Gasteiger partial charge on any atom is 0.257 e. The SMILES string of the molecule is CCNC(=O)COc1ccc(NC(=O)/C=C/c2c(C)nn(-c3ccccc3)c2C)cc1. The molecule has 0 bridgehead atoms. The maximum atomic E-state index is 12.3. The van der Waals surface area contributed by atoms with Crippen molar-refractivity contribution in [2.45, 2.75) is 20.8 Å². The number of para-hydroxylation sites is 1. The first-order chi connectivity index (χ1) is 15.0. The Morgan fingerprint density at radius 2 is 1.77 bits per heavy atom. The molecule has 0 aliphatic carbocycles. The minimum Gasteiger partial charge on any atom is -0.484 e. The van der Waals surface area contributed by atoms with Crippen molar-refractivity contribution in [1.82, 2.24) is 15.1 Å². The van der Waals surface area contributed by atoms with Crippen LogP contribution >= 0.6 is 0 Å². The number of aromatic nitrogens is 2. The molecular weight excluding hydrogens is 392 g/mol. The highest BCUT2D eigenvalue weighted by atomic mass is 16.5. The summed E-state index contributed by atoms with van der Waals surface area (Å²) in [7, 11) is 0. The third-order valence-corrected chi connectivity index (χ3v) is 4.62. The quantitative estimate of drug-likeness (QED) is 0.547. The molecule has 3 rings (SSSR count). The number of nitrogens with zero attached hydrogens (tertiary/aromatic N) is 2. The van der Waals surface area contributed by atoms with E-state index in [0.29, 0.717) is 18.0 Å². The van der Waals surface area contributed by atoms with Gasteiger partial charge < -0.3 is 15.4 Å². The molecule has 0 fully saturated rings. The third-order valence-electron chi connectivity index (χ3n) is 4.62. The second-order valence-electron chi connectivity index (χ2n) is 6.92. The highest BCUT2D eigenvalue weighted by Crippen LogP contribution is 2.20. The molecule has 2 aromatic carbocycles. The van der Waals surface area contributed by atoms with Crippen LogP contribution in [0.2, 0.25) is 0 Å². The van der Waals surface area contributed by atoms with Gasteiger partial charge in [-0.1, -0.05) is 18.2 Å². The second-order valence-corrected chi connectivity index (χ2v) is 6.92. The third kappa shape index (κ3) is 5.82. The number of hydrogen-bond donors (Lipinski definition) is 2. The van der Waals surface area contributed by atoms with Gasteiger partial charge in [-0.05, 0) is 63.2 Å². The molecule has 0 radical (unpaired) electrons. The summed E-state index contributed by atoms with van der Waals surface area (Å²) in [6.45, 7) is 6.26. The fourth-order valence-corrected chi connectivity index (χ4v) is 3.09. The summed E-state index contributed by atoms with van der Waals surface area (Å²) in [5.74, 6) is 0.132. The summed E-state index contributed by atoms with van der Waals surface area (Å²) in [5, 5.41) is 10.1. The zero-order valence-corrected chi connectivity index (χ0v) is 17.9. The van der Waals surface area contributed by atoms with Crippen molar-refractivity contribution in [2.75, 3.05) is 18.5 Å². The van der Waals surface area contributed by atoms with Gasteiger partial charge in [-0.2, -0.15) is 5.10 Å². The van der Waals surface area contributed by atoms with Gasteiger partial charge in [-0.15, -0.1) is 0 Å². The van der Waals surface area contributed by atoms with Crippen molar-refractivity contribution < 1.29 is 14.3 Å². The van der Waals surface area contributed by atoms with Gasteiger partial charge in [0.15, 0.2) is 6.61 Å². The fourth-order valence-electron chi connectivity index (χ4n) is 3.09. The van der Waals surface area contributed by atoms with Crippen LogP contribution in [0, 0.1) is 13.8 Å². The van der Waals surface area contributed by atoms with E-state index in [4.69, 9.17) is 4.74 Å². The fraction of sp³-hybridized carbons (Fsp3) is 0.208. The standard InChI is InChI=1S/C24H26N4O3/c1-4-25-24(30)16-31-21-12-10-19(11-13-21)26-23(29)15-14-22-17(2)27-28(18(22)3)20-8-6-5-7-9-20/h5-15H,4,16H2,1-3H3,(H,25,30)(H,26,29)/b15-14+. The van der Waals surface area contributed by atoms with Crippen molar-refractivity contribution in [1.29, 1.82) is 0 Å². The van der Waals surface area contributed by atoms with Crippen molar-refractivity contribution in [2.24, 2.45) is 0 Å². The number of amides is 2. The monoisotopic (exact) mass is 418 g/mol. The molecule has 2 amide bonds. The summed E-state index contributed by atoms with van der Waals surface area (Å²) in [6.07, 6.45) is 3.27. The normalized spacial score (nSPS) is 10.8. The Balaban J connectivity index is 1.61. The van der Waals surface area contributed by atoms with Gasteiger partial charge in [-0.3, -0.25) is 9.59 Å². The lowest BCUT2D eigenvalue weighted by Gasteiger charge is -2.07. The Hall–Kier alpha value is -3.87. The minimum atomic E-state index is -0.248. The van der Waals surface area contributed by atoms with Crippen LogP contribution < -0.4 is 15.4 Å². The second kappa shape index (κ2) is 10.2. The first-order valence-corrected chi connectivity index (χ1v) is 10.1. The first kappa shape index (κ1) is 21.8. The predicted octanol–water partition coefficient (Wildman–Crippen LogP) is 3.66. The average molecular weight is 418 g/mol. The lowest BCUT2D eigenvalue weighted by molar-refractivity contribution is -0.123. The highest BCUT2D eigenvalue weighted by Gasteiger charge is 2.11. The molecular formula is C24H26N4O3. The molecule has 0 saturated carbocycles.